The molecule has 0 aliphatic carbocycles. The SMILES string of the molecule is c1ccc2c(c1)OCCOCCOCCOCCOCCOc1ccccc1OCCOCCOCCOCCO2. The zero-order valence-corrected chi connectivity index (χ0v) is 23.8. The Kier molecular flexibility index (Phi) is 18.4. The lowest BCUT2D eigenvalue weighted by molar-refractivity contribution is -0.00715. The quantitative estimate of drug-likeness (QED) is 0.460. The molecule has 0 aromatic heterocycles. The van der Waals surface area contributed by atoms with E-state index in [9.17, 15) is 0 Å². The van der Waals surface area contributed by atoms with Gasteiger partial charge in [-0.3, -0.25) is 0 Å². The number of para-hydroxylation sites is 4. The van der Waals surface area contributed by atoms with Crippen LogP contribution >= 0.6 is 0 Å². The topological polar surface area (TPSA) is 102 Å². The minimum atomic E-state index is 0.405. The van der Waals surface area contributed by atoms with E-state index < -0.39 is 0 Å². The molecule has 2 aromatic rings. The lowest BCUT2D eigenvalue weighted by Crippen LogP contribution is -2.15. The first-order valence-corrected chi connectivity index (χ1v) is 14.2. The molecule has 11 heteroatoms. The number of hydrogen-bond acceptors (Lipinski definition) is 11. The van der Waals surface area contributed by atoms with Gasteiger partial charge in [-0.15, -0.1) is 0 Å². The van der Waals surface area contributed by atoms with Crippen LogP contribution in [0.1, 0.15) is 0 Å². The Labute approximate surface area is 242 Å². The fourth-order valence-electron chi connectivity index (χ4n) is 3.52. The van der Waals surface area contributed by atoms with Crippen molar-refractivity contribution in [2.75, 3.05) is 119 Å². The summed E-state index contributed by atoms with van der Waals surface area (Å²) in [4.78, 5) is 0. The van der Waals surface area contributed by atoms with Gasteiger partial charge in [0.05, 0.1) is 92.5 Å². The summed E-state index contributed by atoms with van der Waals surface area (Å²) < 4.78 is 62.2. The molecule has 1 heterocycles. The normalized spacial score (nSPS) is 19.5. The predicted molar refractivity (Wildman–Crippen MR) is 151 cm³/mol. The van der Waals surface area contributed by atoms with Gasteiger partial charge >= 0.3 is 0 Å². The molecule has 0 unspecified atom stereocenters. The minimum Gasteiger partial charge on any atom is -0.487 e. The highest BCUT2D eigenvalue weighted by atomic mass is 16.6. The molecule has 230 valence electrons. The van der Waals surface area contributed by atoms with Crippen molar-refractivity contribution < 1.29 is 52.1 Å². The summed E-state index contributed by atoms with van der Waals surface area (Å²) in [5.41, 5.74) is 0. The number of rotatable bonds is 0. The first kappa shape index (κ1) is 32.9. The van der Waals surface area contributed by atoms with Crippen molar-refractivity contribution in [1.29, 1.82) is 0 Å². The van der Waals surface area contributed by atoms with Gasteiger partial charge in [-0.1, -0.05) is 24.3 Å². The molecule has 1 aliphatic rings. The van der Waals surface area contributed by atoms with E-state index in [0.717, 1.165) is 0 Å². The molecule has 0 saturated carbocycles. The molecule has 2 aromatic carbocycles. The van der Waals surface area contributed by atoms with E-state index in [1.165, 1.54) is 0 Å². The summed E-state index contributed by atoms with van der Waals surface area (Å²) in [6.07, 6.45) is 0. The van der Waals surface area contributed by atoms with Crippen molar-refractivity contribution in [1.82, 2.24) is 0 Å². The van der Waals surface area contributed by atoms with Crippen LogP contribution in [0.2, 0.25) is 0 Å². The number of hydrogen-bond donors (Lipinski definition) is 0. The van der Waals surface area contributed by atoms with E-state index >= 15 is 0 Å². The van der Waals surface area contributed by atoms with Crippen molar-refractivity contribution >= 4 is 0 Å². The third-order valence-corrected chi connectivity index (χ3v) is 5.50. The third kappa shape index (κ3) is 15.8. The lowest BCUT2D eigenvalue weighted by atomic mass is 10.3. The van der Waals surface area contributed by atoms with Crippen molar-refractivity contribution in [2.45, 2.75) is 0 Å². The molecule has 0 spiro atoms. The molecule has 0 atom stereocenters. The largest absolute Gasteiger partial charge is 0.487 e. The van der Waals surface area contributed by atoms with E-state index in [4.69, 9.17) is 52.1 Å². The maximum absolute atomic E-state index is 5.82. The Morgan fingerprint density at radius 1 is 0.244 bits per heavy atom. The van der Waals surface area contributed by atoms with Crippen LogP contribution in [0.15, 0.2) is 48.5 Å². The molecule has 0 amide bonds. The van der Waals surface area contributed by atoms with Crippen molar-refractivity contribution in [2.24, 2.45) is 0 Å². The summed E-state index contributed by atoms with van der Waals surface area (Å²) in [6.45, 7) is 8.22. The van der Waals surface area contributed by atoms with Crippen LogP contribution in [0.3, 0.4) is 0 Å². The van der Waals surface area contributed by atoms with E-state index in [0.29, 0.717) is 142 Å². The van der Waals surface area contributed by atoms with Gasteiger partial charge in [0, 0.05) is 0 Å². The summed E-state index contributed by atoms with van der Waals surface area (Å²) in [7, 11) is 0. The highest BCUT2D eigenvalue weighted by Crippen LogP contribution is 2.27. The predicted octanol–water partition coefficient (Wildman–Crippen LogP) is 3.03. The van der Waals surface area contributed by atoms with Crippen LogP contribution in [-0.4, -0.2) is 119 Å². The van der Waals surface area contributed by atoms with Gasteiger partial charge in [0.2, 0.25) is 0 Å². The van der Waals surface area contributed by atoms with Gasteiger partial charge in [-0.25, -0.2) is 0 Å². The van der Waals surface area contributed by atoms with E-state index in [1.54, 1.807) is 0 Å². The molecule has 3 rings (SSSR count). The highest BCUT2D eigenvalue weighted by molar-refractivity contribution is 5.40. The van der Waals surface area contributed by atoms with Crippen LogP contribution in [0.5, 0.6) is 23.0 Å². The van der Waals surface area contributed by atoms with Crippen molar-refractivity contribution in [3.63, 3.8) is 0 Å². The van der Waals surface area contributed by atoms with Gasteiger partial charge in [0.15, 0.2) is 23.0 Å². The van der Waals surface area contributed by atoms with Crippen LogP contribution in [0.4, 0.5) is 0 Å². The third-order valence-electron chi connectivity index (χ3n) is 5.50. The second-order valence-electron chi connectivity index (χ2n) is 8.57. The maximum atomic E-state index is 5.82. The Morgan fingerprint density at radius 2 is 0.415 bits per heavy atom. The second-order valence-corrected chi connectivity index (χ2v) is 8.57. The Hall–Kier alpha value is -2.64. The smallest absolute Gasteiger partial charge is 0.161 e. The number of fused-ring (bicyclic) bond motifs is 2. The molecule has 0 fully saturated rings. The second kappa shape index (κ2) is 23.0. The molecule has 0 N–H and O–H groups in total. The molecular formula is C30H44O11. The average Bonchev–Trinajstić information content (AvgIpc) is 3.00. The standard InChI is InChI=1S/C30H44O11/c1-3-7-29-27(5-1)38-23-19-34-15-11-31-9-10-32-12-16-35-20-24-39-28-6-2-4-8-30(28)41-26-22-37-18-14-33-13-17-36-21-25-40-29/h1-8H,9-26H2. The van der Waals surface area contributed by atoms with Gasteiger partial charge in [0.1, 0.15) is 26.4 Å². The van der Waals surface area contributed by atoms with E-state index in [1.807, 2.05) is 48.5 Å². The monoisotopic (exact) mass is 580 g/mol. The zero-order chi connectivity index (χ0) is 28.5. The number of ether oxygens (including phenoxy) is 11. The first-order chi connectivity index (χ1) is 20.4. The summed E-state index contributed by atoms with van der Waals surface area (Å²) in [5, 5.41) is 0. The van der Waals surface area contributed by atoms with Crippen molar-refractivity contribution in [3.05, 3.63) is 48.5 Å². The average molecular weight is 581 g/mol. The first-order valence-electron chi connectivity index (χ1n) is 14.2. The van der Waals surface area contributed by atoms with Gasteiger partial charge < -0.3 is 52.1 Å². The molecule has 11 nitrogen and oxygen atoms in total. The fourth-order valence-corrected chi connectivity index (χ4v) is 3.52. The molecule has 0 bridgehead atoms. The fraction of sp³-hybridized carbons (Fsp3) is 0.600. The van der Waals surface area contributed by atoms with Gasteiger partial charge in [-0.05, 0) is 24.3 Å². The molecule has 41 heavy (non-hydrogen) atoms. The summed E-state index contributed by atoms with van der Waals surface area (Å²) in [6, 6.07) is 15.1. The maximum Gasteiger partial charge on any atom is 0.161 e. The molecule has 0 saturated heterocycles. The minimum absolute atomic E-state index is 0.405. The Morgan fingerprint density at radius 3 is 0.610 bits per heavy atom. The Balaban J connectivity index is 1.34. The number of benzene rings is 2. The highest BCUT2D eigenvalue weighted by Gasteiger charge is 2.06. The van der Waals surface area contributed by atoms with Crippen LogP contribution in [0, 0.1) is 0 Å². The summed E-state index contributed by atoms with van der Waals surface area (Å²) in [5.74, 6) is 2.67. The molecule has 1 aliphatic heterocycles. The zero-order valence-electron chi connectivity index (χ0n) is 23.8. The van der Waals surface area contributed by atoms with E-state index in [2.05, 4.69) is 0 Å². The lowest BCUT2D eigenvalue weighted by Gasteiger charge is -2.13. The van der Waals surface area contributed by atoms with E-state index in [-0.39, 0.29) is 0 Å². The molecule has 0 radical (unpaired) electrons. The van der Waals surface area contributed by atoms with Gasteiger partial charge in [0.25, 0.3) is 0 Å². The molecular weight excluding hydrogens is 536 g/mol. The van der Waals surface area contributed by atoms with Crippen LogP contribution in [-0.2, 0) is 33.2 Å². The van der Waals surface area contributed by atoms with Gasteiger partial charge in [-0.2, -0.15) is 0 Å². The summed E-state index contributed by atoms with van der Waals surface area (Å²) >= 11 is 0. The van der Waals surface area contributed by atoms with Crippen LogP contribution < -0.4 is 18.9 Å². The van der Waals surface area contributed by atoms with Crippen LogP contribution in [0.25, 0.3) is 0 Å². The van der Waals surface area contributed by atoms with Crippen molar-refractivity contribution in [3.8, 4) is 23.0 Å². The Bertz CT molecular complexity index is 827.